The minimum atomic E-state index is -4.79. The number of ether oxygens (including phenoxy) is 1. The number of benzene rings is 1. The Morgan fingerprint density at radius 3 is 2.62 bits per heavy atom. The van der Waals surface area contributed by atoms with Crippen molar-refractivity contribution in [1.29, 1.82) is 0 Å². The van der Waals surface area contributed by atoms with Crippen molar-refractivity contribution in [2.24, 2.45) is 11.8 Å². The van der Waals surface area contributed by atoms with E-state index < -0.39 is 23.6 Å². The van der Waals surface area contributed by atoms with Gasteiger partial charge in [0, 0.05) is 22.2 Å². The van der Waals surface area contributed by atoms with Crippen LogP contribution in [-0.4, -0.2) is 24.8 Å². The number of amides is 1. The number of carbonyl (C=O) groups excluding carboxylic acids is 1. The van der Waals surface area contributed by atoms with Crippen molar-refractivity contribution in [2.45, 2.75) is 43.4 Å². The first-order chi connectivity index (χ1) is 12.3. The molecular weight excluding hydrogens is 367 g/mol. The standard InChI is InChI=1S/C19H17ClF3NO2/c20-13-5-6-15-14(9-13)18(19(21,22)23,8-7-11-1-2-11)16(17(25)24-15)26-10-12-3-4-12/h5-6,9,11-12,16H,1-4,10H2,(H,24,25)/t16-,18-/m0/s1. The maximum absolute atomic E-state index is 14.4. The van der Waals surface area contributed by atoms with Gasteiger partial charge in [-0.2, -0.15) is 13.2 Å². The third-order valence-corrected chi connectivity index (χ3v) is 5.22. The number of hydrogen-bond acceptors (Lipinski definition) is 2. The lowest BCUT2D eigenvalue weighted by atomic mass is 9.71. The minimum absolute atomic E-state index is 0.0501. The number of fused-ring (bicyclic) bond motifs is 1. The molecule has 1 aliphatic heterocycles. The van der Waals surface area contributed by atoms with Gasteiger partial charge in [-0.25, -0.2) is 0 Å². The molecule has 2 aliphatic carbocycles. The molecule has 138 valence electrons. The Morgan fingerprint density at radius 1 is 1.27 bits per heavy atom. The predicted octanol–water partition coefficient (Wildman–Crippen LogP) is 4.30. The van der Waals surface area contributed by atoms with Gasteiger partial charge in [0.05, 0.1) is 6.61 Å². The Bertz CT molecular complexity index is 805. The fraction of sp³-hybridized carbons (Fsp3) is 0.526. The maximum Gasteiger partial charge on any atom is 0.412 e. The van der Waals surface area contributed by atoms with E-state index in [4.69, 9.17) is 16.3 Å². The zero-order valence-corrected chi connectivity index (χ0v) is 14.6. The van der Waals surface area contributed by atoms with Crippen molar-refractivity contribution in [3.63, 3.8) is 0 Å². The van der Waals surface area contributed by atoms with Crippen molar-refractivity contribution < 1.29 is 22.7 Å². The molecule has 2 fully saturated rings. The van der Waals surface area contributed by atoms with E-state index in [-0.39, 0.29) is 34.7 Å². The quantitative estimate of drug-likeness (QED) is 0.790. The molecule has 3 aliphatic rings. The average Bonchev–Trinajstić information content (AvgIpc) is 3.44. The van der Waals surface area contributed by atoms with Crippen molar-refractivity contribution >= 4 is 23.2 Å². The number of halogens is 4. The van der Waals surface area contributed by atoms with Crippen LogP contribution in [0, 0.1) is 23.7 Å². The molecule has 3 nitrogen and oxygen atoms in total. The van der Waals surface area contributed by atoms with Crippen LogP contribution in [0.5, 0.6) is 0 Å². The van der Waals surface area contributed by atoms with Gasteiger partial charge in [0.15, 0.2) is 11.5 Å². The Morgan fingerprint density at radius 2 is 2.00 bits per heavy atom. The number of anilines is 1. The summed E-state index contributed by atoms with van der Waals surface area (Å²) in [6, 6.07) is 4.06. The van der Waals surface area contributed by atoms with E-state index in [0.29, 0.717) is 0 Å². The van der Waals surface area contributed by atoms with E-state index in [1.165, 1.54) is 18.2 Å². The van der Waals surface area contributed by atoms with Gasteiger partial charge in [-0.1, -0.05) is 23.4 Å². The van der Waals surface area contributed by atoms with Crippen LogP contribution in [0.3, 0.4) is 0 Å². The van der Waals surface area contributed by atoms with Gasteiger partial charge >= 0.3 is 6.18 Å². The Hall–Kier alpha value is -1.71. The van der Waals surface area contributed by atoms with Crippen LogP contribution in [0.2, 0.25) is 5.02 Å². The second-order valence-electron chi connectivity index (χ2n) is 7.19. The largest absolute Gasteiger partial charge is 0.412 e. The highest BCUT2D eigenvalue weighted by molar-refractivity contribution is 6.30. The third kappa shape index (κ3) is 3.08. The summed E-state index contributed by atoms with van der Waals surface area (Å²) >= 11 is 5.98. The van der Waals surface area contributed by atoms with Gasteiger partial charge in [-0.3, -0.25) is 4.79 Å². The summed E-state index contributed by atoms with van der Waals surface area (Å²) in [5.74, 6) is 4.49. The molecule has 0 spiro atoms. The third-order valence-electron chi connectivity index (χ3n) is 4.99. The molecule has 7 heteroatoms. The fourth-order valence-electron chi connectivity index (χ4n) is 3.15. The normalized spacial score (nSPS) is 28.0. The van der Waals surface area contributed by atoms with Crippen LogP contribution in [-0.2, 0) is 14.9 Å². The van der Waals surface area contributed by atoms with Crippen LogP contribution >= 0.6 is 11.6 Å². The summed E-state index contributed by atoms with van der Waals surface area (Å²) in [6.07, 6.45) is -3.17. The highest BCUT2D eigenvalue weighted by atomic mass is 35.5. The molecule has 4 rings (SSSR count). The summed E-state index contributed by atoms with van der Waals surface area (Å²) in [6.45, 7) is 0.122. The van der Waals surface area contributed by atoms with Crippen molar-refractivity contribution in [1.82, 2.24) is 0 Å². The van der Waals surface area contributed by atoms with Crippen LogP contribution in [0.25, 0.3) is 0 Å². The summed E-state index contributed by atoms with van der Waals surface area (Å²) in [5.41, 5.74) is -2.79. The van der Waals surface area contributed by atoms with Gasteiger partial charge in [-0.05, 0) is 49.8 Å². The number of hydrogen-bond donors (Lipinski definition) is 1. The van der Waals surface area contributed by atoms with Crippen LogP contribution in [0.4, 0.5) is 18.9 Å². The Labute approximate surface area is 154 Å². The first kappa shape index (κ1) is 17.7. The SMILES string of the molecule is O=C1Nc2ccc(Cl)cc2[C@](C#CC2CC2)(C(F)(F)F)[C@H]1OCC1CC1. The van der Waals surface area contributed by atoms with Crippen molar-refractivity contribution in [3.8, 4) is 11.8 Å². The van der Waals surface area contributed by atoms with E-state index in [1.807, 2.05) is 0 Å². The molecule has 0 unspecified atom stereocenters. The van der Waals surface area contributed by atoms with E-state index in [0.717, 1.165) is 25.7 Å². The van der Waals surface area contributed by atoms with Crippen LogP contribution in [0.15, 0.2) is 18.2 Å². The molecule has 0 radical (unpaired) electrons. The summed E-state index contributed by atoms with van der Waals surface area (Å²) in [4.78, 5) is 12.6. The average molecular weight is 384 g/mol. The molecule has 1 aromatic carbocycles. The van der Waals surface area contributed by atoms with Crippen LogP contribution < -0.4 is 5.32 Å². The number of carbonyl (C=O) groups is 1. The molecular formula is C19H17ClF3NO2. The van der Waals surface area contributed by atoms with E-state index in [1.54, 1.807) is 0 Å². The monoisotopic (exact) mass is 383 g/mol. The zero-order chi connectivity index (χ0) is 18.5. The molecule has 2 saturated carbocycles. The molecule has 1 N–H and O–H groups in total. The first-order valence-electron chi connectivity index (χ1n) is 8.63. The summed E-state index contributed by atoms with van der Waals surface area (Å²) in [7, 11) is 0. The molecule has 1 aromatic rings. The summed E-state index contributed by atoms with van der Waals surface area (Å²) in [5, 5.41) is 2.68. The molecule has 2 atom stereocenters. The smallest absolute Gasteiger partial charge is 0.366 e. The second kappa shape index (κ2) is 6.17. The Kier molecular flexibility index (Phi) is 4.20. The van der Waals surface area contributed by atoms with E-state index in [9.17, 15) is 18.0 Å². The van der Waals surface area contributed by atoms with Crippen molar-refractivity contribution in [3.05, 3.63) is 28.8 Å². The maximum atomic E-state index is 14.4. The van der Waals surface area contributed by atoms with Gasteiger partial charge in [0.25, 0.3) is 5.91 Å². The molecule has 0 aromatic heterocycles. The lowest BCUT2D eigenvalue weighted by molar-refractivity contribution is -0.207. The predicted molar refractivity (Wildman–Crippen MR) is 90.8 cm³/mol. The number of alkyl halides is 3. The minimum Gasteiger partial charge on any atom is -0.366 e. The van der Waals surface area contributed by atoms with E-state index >= 15 is 0 Å². The zero-order valence-electron chi connectivity index (χ0n) is 13.8. The fourth-order valence-corrected chi connectivity index (χ4v) is 3.33. The Balaban J connectivity index is 1.88. The molecule has 0 saturated heterocycles. The van der Waals surface area contributed by atoms with Gasteiger partial charge in [0.2, 0.25) is 0 Å². The topological polar surface area (TPSA) is 38.3 Å². The van der Waals surface area contributed by atoms with Crippen LogP contribution in [0.1, 0.15) is 31.2 Å². The first-order valence-corrected chi connectivity index (χ1v) is 9.01. The highest BCUT2D eigenvalue weighted by Gasteiger charge is 2.65. The number of rotatable bonds is 3. The summed E-state index contributed by atoms with van der Waals surface area (Å²) < 4.78 is 48.8. The van der Waals surface area contributed by atoms with E-state index in [2.05, 4.69) is 17.2 Å². The molecule has 26 heavy (non-hydrogen) atoms. The lowest BCUT2D eigenvalue weighted by Crippen LogP contribution is -2.59. The van der Waals surface area contributed by atoms with Gasteiger partial charge in [0.1, 0.15) is 0 Å². The lowest BCUT2D eigenvalue weighted by Gasteiger charge is -2.41. The second-order valence-corrected chi connectivity index (χ2v) is 7.62. The van der Waals surface area contributed by atoms with Gasteiger partial charge < -0.3 is 10.1 Å². The molecule has 1 heterocycles. The number of nitrogens with one attached hydrogen (secondary N) is 1. The van der Waals surface area contributed by atoms with Crippen molar-refractivity contribution in [2.75, 3.05) is 11.9 Å². The molecule has 1 amide bonds. The highest BCUT2D eigenvalue weighted by Crippen LogP contribution is 2.51. The molecule has 0 bridgehead atoms. The van der Waals surface area contributed by atoms with Gasteiger partial charge in [-0.15, -0.1) is 0 Å².